The Hall–Kier alpha value is -3.09. The molecule has 0 saturated carbocycles. The summed E-state index contributed by atoms with van der Waals surface area (Å²) in [5.74, 6) is 1.74. The molecule has 0 radical (unpaired) electrons. The van der Waals surface area contributed by atoms with Crippen molar-refractivity contribution in [1.82, 2.24) is 9.80 Å². The minimum atomic E-state index is 0.0652. The Labute approximate surface area is 191 Å². The van der Waals surface area contributed by atoms with Crippen molar-refractivity contribution >= 4 is 28.2 Å². The van der Waals surface area contributed by atoms with E-state index in [1.807, 2.05) is 29.2 Å². The van der Waals surface area contributed by atoms with Crippen LogP contribution in [0.15, 0.2) is 69.8 Å². The summed E-state index contributed by atoms with van der Waals surface area (Å²) in [6.45, 7) is 3.99. The maximum Gasteiger partial charge on any atom is 0.254 e. The third kappa shape index (κ3) is 4.42. The number of furan rings is 1. The van der Waals surface area contributed by atoms with Crippen LogP contribution in [-0.4, -0.2) is 49.0 Å². The second kappa shape index (κ2) is 9.18. The minimum absolute atomic E-state index is 0.0652. The summed E-state index contributed by atoms with van der Waals surface area (Å²) in [5.41, 5.74) is 4.06. The molecule has 0 N–H and O–H groups in total. The summed E-state index contributed by atoms with van der Waals surface area (Å²) >= 11 is 1.71. The summed E-state index contributed by atoms with van der Waals surface area (Å²) in [7, 11) is 1.62. The minimum Gasteiger partial charge on any atom is -0.497 e. The zero-order chi connectivity index (χ0) is 21.9. The molecule has 0 bridgehead atoms. The van der Waals surface area contributed by atoms with Gasteiger partial charge >= 0.3 is 0 Å². The van der Waals surface area contributed by atoms with Crippen molar-refractivity contribution in [1.29, 1.82) is 0 Å². The zero-order valence-corrected chi connectivity index (χ0v) is 18.9. The van der Waals surface area contributed by atoms with Crippen LogP contribution in [0.4, 0.5) is 0 Å². The van der Waals surface area contributed by atoms with Crippen LogP contribution in [0.2, 0.25) is 0 Å². The first-order valence-electron chi connectivity index (χ1n) is 10.9. The van der Waals surface area contributed by atoms with E-state index in [1.165, 1.54) is 11.1 Å². The first kappa shape index (κ1) is 20.8. The van der Waals surface area contributed by atoms with Gasteiger partial charge in [-0.15, -0.1) is 0 Å². The Balaban J connectivity index is 1.25. The van der Waals surface area contributed by atoms with Crippen molar-refractivity contribution in [3.63, 3.8) is 0 Å². The van der Waals surface area contributed by atoms with Gasteiger partial charge in [0.05, 0.1) is 13.7 Å². The smallest absolute Gasteiger partial charge is 0.254 e. The van der Waals surface area contributed by atoms with E-state index in [4.69, 9.17) is 9.15 Å². The number of hydrogen-bond donors (Lipinski definition) is 0. The van der Waals surface area contributed by atoms with Crippen LogP contribution in [0, 0.1) is 0 Å². The van der Waals surface area contributed by atoms with Gasteiger partial charge in [-0.05, 0) is 70.8 Å². The van der Waals surface area contributed by atoms with E-state index in [-0.39, 0.29) is 5.91 Å². The van der Waals surface area contributed by atoms with Gasteiger partial charge in [0.25, 0.3) is 5.91 Å². The van der Waals surface area contributed by atoms with Crippen molar-refractivity contribution in [3.05, 3.63) is 76.7 Å². The molecule has 3 heterocycles. The Bertz CT molecular complexity index is 1220. The number of amides is 1. The van der Waals surface area contributed by atoms with E-state index >= 15 is 0 Å². The monoisotopic (exact) mass is 446 g/mol. The number of thiophene rings is 1. The second-order valence-corrected chi connectivity index (χ2v) is 8.91. The van der Waals surface area contributed by atoms with Crippen molar-refractivity contribution in [2.75, 3.05) is 33.3 Å². The van der Waals surface area contributed by atoms with E-state index in [1.54, 1.807) is 18.4 Å². The number of fused-ring (bicyclic) bond motifs is 1. The van der Waals surface area contributed by atoms with Crippen LogP contribution in [0.5, 0.6) is 5.75 Å². The third-order valence-electron chi connectivity index (χ3n) is 5.99. The lowest BCUT2D eigenvalue weighted by Gasteiger charge is -2.21. The van der Waals surface area contributed by atoms with E-state index in [2.05, 4.69) is 46.0 Å². The largest absolute Gasteiger partial charge is 0.497 e. The molecule has 4 aromatic rings. The fourth-order valence-electron chi connectivity index (χ4n) is 4.28. The molecule has 32 heavy (non-hydrogen) atoms. The molecule has 5 rings (SSSR count). The molecule has 1 fully saturated rings. The maximum absolute atomic E-state index is 13.0. The Morgan fingerprint density at radius 3 is 2.81 bits per heavy atom. The van der Waals surface area contributed by atoms with E-state index in [0.29, 0.717) is 17.9 Å². The van der Waals surface area contributed by atoms with Gasteiger partial charge in [-0.2, -0.15) is 11.3 Å². The molecule has 164 valence electrons. The molecular weight excluding hydrogens is 420 g/mol. The van der Waals surface area contributed by atoms with Gasteiger partial charge in [-0.1, -0.05) is 12.1 Å². The fraction of sp³-hybridized carbons (Fsp3) is 0.269. The number of hydrogen-bond acceptors (Lipinski definition) is 5. The number of carbonyl (C=O) groups excluding carboxylic acids is 1. The predicted molar refractivity (Wildman–Crippen MR) is 128 cm³/mol. The summed E-state index contributed by atoms with van der Waals surface area (Å²) in [6.07, 6.45) is 0.943. The van der Waals surface area contributed by atoms with Gasteiger partial charge in [-0.3, -0.25) is 9.69 Å². The number of methoxy groups -OCH3 is 1. The molecule has 6 heteroatoms. The molecular formula is C26H26N2O3S. The first-order valence-corrected chi connectivity index (χ1v) is 11.8. The number of carbonyl (C=O) groups is 1. The summed E-state index contributed by atoms with van der Waals surface area (Å²) in [5, 5.41) is 5.40. The number of benzene rings is 2. The molecule has 1 amide bonds. The lowest BCUT2D eigenvalue weighted by Crippen LogP contribution is -2.35. The molecule has 0 atom stereocenters. The normalized spacial score (nSPS) is 15.1. The number of ether oxygens (including phenoxy) is 1. The van der Waals surface area contributed by atoms with Crippen LogP contribution in [0.25, 0.3) is 22.1 Å². The maximum atomic E-state index is 13.0. The average molecular weight is 447 g/mol. The molecule has 0 unspecified atom stereocenters. The van der Waals surface area contributed by atoms with Crippen LogP contribution >= 0.6 is 11.3 Å². The average Bonchev–Trinajstić information content (AvgIpc) is 3.44. The quantitative estimate of drug-likeness (QED) is 0.405. The molecule has 1 saturated heterocycles. The third-order valence-corrected chi connectivity index (χ3v) is 6.68. The number of nitrogens with zero attached hydrogens (tertiary/aromatic N) is 2. The highest BCUT2D eigenvalue weighted by Gasteiger charge is 2.21. The predicted octanol–water partition coefficient (Wildman–Crippen LogP) is 5.52. The lowest BCUT2D eigenvalue weighted by molar-refractivity contribution is 0.0760. The Morgan fingerprint density at radius 1 is 1.03 bits per heavy atom. The van der Waals surface area contributed by atoms with E-state index in [0.717, 1.165) is 49.3 Å². The highest BCUT2D eigenvalue weighted by Crippen LogP contribution is 2.28. The van der Waals surface area contributed by atoms with Gasteiger partial charge in [0.2, 0.25) is 0 Å². The molecule has 0 aliphatic carbocycles. The van der Waals surface area contributed by atoms with Gasteiger partial charge < -0.3 is 14.1 Å². The van der Waals surface area contributed by atoms with Crippen molar-refractivity contribution < 1.29 is 13.9 Å². The van der Waals surface area contributed by atoms with Crippen LogP contribution in [-0.2, 0) is 6.54 Å². The Morgan fingerprint density at radius 2 is 1.97 bits per heavy atom. The van der Waals surface area contributed by atoms with E-state index < -0.39 is 0 Å². The van der Waals surface area contributed by atoms with Gasteiger partial charge in [0.15, 0.2) is 0 Å². The van der Waals surface area contributed by atoms with Crippen molar-refractivity contribution in [2.24, 2.45) is 0 Å². The van der Waals surface area contributed by atoms with Crippen LogP contribution < -0.4 is 4.74 Å². The Kier molecular flexibility index (Phi) is 5.97. The summed E-state index contributed by atoms with van der Waals surface area (Å²) < 4.78 is 11.4. The molecule has 5 nitrogen and oxygen atoms in total. The molecule has 0 spiro atoms. The van der Waals surface area contributed by atoms with Crippen LogP contribution in [0.3, 0.4) is 0 Å². The standard InChI is InChI=1S/C26H26N2O3S/c1-30-23-5-2-4-20(15-23)26(29)28-10-3-9-27(11-12-28)17-24-16-22-14-19(6-7-25(22)31-24)21-8-13-32-18-21/h2,4-8,13-16,18H,3,9-12,17H2,1H3. The molecule has 2 aromatic carbocycles. The highest BCUT2D eigenvalue weighted by molar-refractivity contribution is 7.08. The first-order chi connectivity index (χ1) is 15.7. The SMILES string of the molecule is COc1cccc(C(=O)N2CCCN(Cc3cc4cc(-c5ccsc5)ccc4o3)CC2)c1. The number of rotatable bonds is 5. The van der Waals surface area contributed by atoms with Gasteiger partial charge in [0.1, 0.15) is 17.1 Å². The topological polar surface area (TPSA) is 45.9 Å². The van der Waals surface area contributed by atoms with E-state index in [9.17, 15) is 4.79 Å². The molecule has 1 aliphatic heterocycles. The summed E-state index contributed by atoms with van der Waals surface area (Å²) in [4.78, 5) is 17.3. The fourth-order valence-corrected chi connectivity index (χ4v) is 4.94. The van der Waals surface area contributed by atoms with Gasteiger partial charge in [-0.25, -0.2) is 0 Å². The summed E-state index contributed by atoms with van der Waals surface area (Å²) in [6, 6.07) is 18.0. The highest BCUT2D eigenvalue weighted by atomic mass is 32.1. The van der Waals surface area contributed by atoms with Crippen molar-refractivity contribution in [2.45, 2.75) is 13.0 Å². The van der Waals surface area contributed by atoms with Crippen LogP contribution in [0.1, 0.15) is 22.5 Å². The zero-order valence-electron chi connectivity index (χ0n) is 18.1. The van der Waals surface area contributed by atoms with Crippen molar-refractivity contribution in [3.8, 4) is 16.9 Å². The molecule has 1 aliphatic rings. The molecule has 2 aromatic heterocycles. The van der Waals surface area contributed by atoms with Gasteiger partial charge in [0, 0.05) is 37.1 Å². The second-order valence-electron chi connectivity index (χ2n) is 8.13. The lowest BCUT2D eigenvalue weighted by atomic mass is 10.1.